The number of hydrogen-bond donors (Lipinski definition) is 0. The molecule has 2 fully saturated rings. The van der Waals surface area contributed by atoms with Crippen molar-refractivity contribution in [2.24, 2.45) is 0 Å². The first kappa shape index (κ1) is 17.1. The van der Waals surface area contributed by atoms with Crippen LogP contribution >= 0.6 is 11.8 Å². The maximum atomic E-state index is 13.2. The Morgan fingerprint density at radius 1 is 1.12 bits per heavy atom. The molecule has 136 valence electrons. The second kappa shape index (κ2) is 6.42. The number of ether oxygens (including phenoxy) is 1. The number of carbonyl (C=O) groups excluding carboxylic acids is 4. The van der Waals surface area contributed by atoms with E-state index in [-0.39, 0.29) is 11.3 Å². The van der Waals surface area contributed by atoms with Crippen LogP contribution in [0.1, 0.15) is 40.0 Å². The first-order chi connectivity index (χ1) is 12.5. The van der Waals surface area contributed by atoms with Gasteiger partial charge >= 0.3 is 5.97 Å². The van der Waals surface area contributed by atoms with Gasteiger partial charge in [-0.1, -0.05) is 12.1 Å². The van der Waals surface area contributed by atoms with Crippen LogP contribution < -0.4 is 0 Å². The lowest BCUT2D eigenvalue weighted by Gasteiger charge is -2.31. The van der Waals surface area contributed by atoms with Gasteiger partial charge in [-0.2, -0.15) is 0 Å². The molecule has 1 aromatic carbocycles. The molecule has 0 unspecified atom stereocenters. The summed E-state index contributed by atoms with van der Waals surface area (Å²) in [6.45, 7) is 0. The van der Waals surface area contributed by atoms with Crippen molar-refractivity contribution in [3.05, 3.63) is 35.4 Å². The number of nitrogens with zero attached hydrogens (tertiary/aromatic N) is 2. The third kappa shape index (κ3) is 2.43. The van der Waals surface area contributed by atoms with E-state index in [1.54, 1.807) is 36.0 Å². The van der Waals surface area contributed by atoms with Crippen molar-refractivity contribution in [2.75, 3.05) is 12.9 Å². The summed E-state index contributed by atoms with van der Waals surface area (Å²) < 4.78 is 4.83. The van der Waals surface area contributed by atoms with E-state index in [4.69, 9.17) is 4.74 Å². The summed E-state index contributed by atoms with van der Waals surface area (Å²) >= 11 is 1.54. The molecule has 0 aromatic heterocycles. The highest BCUT2D eigenvalue weighted by Gasteiger charge is 2.50. The number of thioether (sulfide) groups is 1. The van der Waals surface area contributed by atoms with E-state index in [1.165, 1.54) is 12.0 Å². The second-order valence-electron chi connectivity index (χ2n) is 6.55. The fourth-order valence-corrected chi connectivity index (χ4v) is 5.36. The van der Waals surface area contributed by atoms with Crippen LogP contribution in [0.25, 0.3) is 0 Å². The van der Waals surface area contributed by atoms with Gasteiger partial charge in [-0.15, -0.1) is 11.8 Å². The standard InChI is InChI=1S/C18H18N2O5S/c1-25-18(24)13-9-26-14-8-4-7-12(17(23)19(13)14)20-15(21)10-5-2-3-6-11(10)16(20)22/h2-3,5-6,12-14H,4,7-9H2,1H3/t12-,13-,14-/m1/s1. The molecule has 0 bridgehead atoms. The zero-order chi connectivity index (χ0) is 18.4. The van der Waals surface area contributed by atoms with Gasteiger partial charge in [0.1, 0.15) is 12.1 Å². The van der Waals surface area contributed by atoms with Gasteiger partial charge in [-0.3, -0.25) is 19.3 Å². The summed E-state index contributed by atoms with van der Waals surface area (Å²) in [7, 11) is 1.30. The summed E-state index contributed by atoms with van der Waals surface area (Å²) in [6, 6.07) is 5.05. The van der Waals surface area contributed by atoms with Crippen molar-refractivity contribution in [3.63, 3.8) is 0 Å². The predicted octanol–water partition coefficient (Wildman–Crippen LogP) is 1.28. The highest BCUT2D eigenvalue weighted by atomic mass is 32.2. The van der Waals surface area contributed by atoms with Crippen molar-refractivity contribution in [3.8, 4) is 0 Å². The smallest absolute Gasteiger partial charge is 0.329 e. The molecule has 7 nitrogen and oxygen atoms in total. The predicted molar refractivity (Wildman–Crippen MR) is 93.5 cm³/mol. The van der Waals surface area contributed by atoms with E-state index in [9.17, 15) is 19.2 Å². The summed E-state index contributed by atoms with van der Waals surface area (Å²) in [5.41, 5.74) is 0.651. The van der Waals surface area contributed by atoms with Crippen molar-refractivity contribution in [1.29, 1.82) is 0 Å². The Hall–Kier alpha value is -2.35. The average molecular weight is 374 g/mol. The van der Waals surface area contributed by atoms with Gasteiger partial charge in [0, 0.05) is 5.75 Å². The number of hydrogen-bond acceptors (Lipinski definition) is 6. The third-order valence-corrected chi connectivity index (χ3v) is 6.53. The van der Waals surface area contributed by atoms with Gasteiger partial charge in [0.25, 0.3) is 11.8 Å². The number of carbonyl (C=O) groups is 4. The van der Waals surface area contributed by atoms with Gasteiger partial charge < -0.3 is 9.64 Å². The third-order valence-electron chi connectivity index (χ3n) is 5.17. The molecule has 1 aromatic rings. The summed E-state index contributed by atoms with van der Waals surface area (Å²) in [4.78, 5) is 53.5. The van der Waals surface area contributed by atoms with Crippen LogP contribution in [0.5, 0.6) is 0 Å². The number of rotatable bonds is 2. The molecular formula is C18H18N2O5S. The zero-order valence-electron chi connectivity index (χ0n) is 14.2. The molecule has 4 rings (SSSR count). The van der Waals surface area contributed by atoms with Gasteiger partial charge in [0.15, 0.2) is 0 Å². The zero-order valence-corrected chi connectivity index (χ0v) is 15.0. The Labute approximate surface area is 154 Å². The van der Waals surface area contributed by atoms with Gasteiger partial charge in [0.2, 0.25) is 5.91 Å². The van der Waals surface area contributed by atoms with E-state index in [0.717, 1.165) is 11.3 Å². The quantitative estimate of drug-likeness (QED) is 0.573. The molecule has 2 saturated heterocycles. The molecule has 0 saturated carbocycles. The molecule has 3 atom stereocenters. The number of methoxy groups -OCH3 is 1. The van der Waals surface area contributed by atoms with Crippen LogP contribution in [0.4, 0.5) is 0 Å². The maximum absolute atomic E-state index is 13.2. The van der Waals surface area contributed by atoms with Crippen LogP contribution in [0.2, 0.25) is 0 Å². The van der Waals surface area contributed by atoms with E-state index >= 15 is 0 Å². The number of esters is 1. The van der Waals surface area contributed by atoms with Crippen LogP contribution in [0, 0.1) is 0 Å². The first-order valence-electron chi connectivity index (χ1n) is 8.53. The van der Waals surface area contributed by atoms with Crippen LogP contribution in [-0.2, 0) is 14.3 Å². The van der Waals surface area contributed by atoms with E-state index in [2.05, 4.69) is 0 Å². The Morgan fingerprint density at radius 2 is 1.77 bits per heavy atom. The molecule has 0 N–H and O–H groups in total. The average Bonchev–Trinajstić information content (AvgIpc) is 3.13. The molecule has 3 heterocycles. The Kier molecular flexibility index (Phi) is 4.22. The normalized spacial score (nSPS) is 28.0. The van der Waals surface area contributed by atoms with Crippen molar-refractivity contribution in [1.82, 2.24) is 9.80 Å². The lowest BCUT2D eigenvalue weighted by Crippen LogP contribution is -2.54. The Bertz CT molecular complexity index is 776. The minimum atomic E-state index is -0.877. The molecule has 26 heavy (non-hydrogen) atoms. The lowest BCUT2D eigenvalue weighted by atomic mass is 10.1. The minimum absolute atomic E-state index is 0.119. The molecule has 0 aliphatic carbocycles. The van der Waals surface area contributed by atoms with Gasteiger partial charge in [0.05, 0.1) is 23.6 Å². The number of benzene rings is 1. The molecule has 3 aliphatic heterocycles. The largest absolute Gasteiger partial charge is 0.467 e. The van der Waals surface area contributed by atoms with Crippen LogP contribution in [-0.4, -0.2) is 63.8 Å². The lowest BCUT2D eigenvalue weighted by molar-refractivity contribution is -0.152. The second-order valence-corrected chi connectivity index (χ2v) is 7.76. The van der Waals surface area contributed by atoms with E-state index < -0.39 is 29.9 Å². The van der Waals surface area contributed by atoms with E-state index in [0.29, 0.717) is 29.7 Å². The molecule has 0 spiro atoms. The highest BCUT2D eigenvalue weighted by Crippen LogP contribution is 2.38. The molecule has 3 aliphatic rings. The maximum Gasteiger partial charge on any atom is 0.329 e. The SMILES string of the molecule is COC(=O)[C@H]1CS[C@@H]2CCC[C@@H](N3C(=O)c4ccccc4C3=O)C(=O)N12. The summed E-state index contributed by atoms with van der Waals surface area (Å²) in [5, 5.41) is -0.119. The number of amides is 3. The topological polar surface area (TPSA) is 84.0 Å². The van der Waals surface area contributed by atoms with Crippen LogP contribution in [0.15, 0.2) is 24.3 Å². The Balaban J connectivity index is 1.67. The summed E-state index contributed by atoms with van der Waals surface area (Å²) in [5.74, 6) is -1.22. The fraction of sp³-hybridized carbons (Fsp3) is 0.444. The van der Waals surface area contributed by atoms with Crippen LogP contribution in [0.3, 0.4) is 0 Å². The van der Waals surface area contributed by atoms with Gasteiger partial charge in [-0.05, 0) is 31.4 Å². The molecule has 0 radical (unpaired) electrons. The van der Waals surface area contributed by atoms with Crippen molar-refractivity contribution in [2.45, 2.75) is 36.7 Å². The van der Waals surface area contributed by atoms with Crippen molar-refractivity contribution >= 4 is 35.5 Å². The molecule has 8 heteroatoms. The minimum Gasteiger partial charge on any atom is -0.467 e. The number of fused-ring (bicyclic) bond motifs is 2. The number of imide groups is 1. The monoisotopic (exact) mass is 374 g/mol. The molecular weight excluding hydrogens is 356 g/mol. The molecule has 3 amide bonds. The van der Waals surface area contributed by atoms with E-state index in [1.807, 2.05) is 0 Å². The van der Waals surface area contributed by atoms with Crippen molar-refractivity contribution < 1.29 is 23.9 Å². The highest BCUT2D eigenvalue weighted by molar-refractivity contribution is 8.00. The Morgan fingerprint density at radius 3 is 2.38 bits per heavy atom. The fourth-order valence-electron chi connectivity index (χ4n) is 3.91. The first-order valence-corrected chi connectivity index (χ1v) is 9.58. The van der Waals surface area contributed by atoms with Gasteiger partial charge in [-0.25, -0.2) is 4.79 Å². The summed E-state index contributed by atoms with van der Waals surface area (Å²) in [6.07, 6.45) is 1.83.